The van der Waals surface area contributed by atoms with Gasteiger partial charge in [0.05, 0.1) is 12.2 Å². The van der Waals surface area contributed by atoms with Crippen molar-refractivity contribution in [3.63, 3.8) is 0 Å². The molecular formula is C16H26N4O. The quantitative estimate of drug-likeness (QED) is 0.781. The van der Waals surface area contributed by atoms with Crippen LogP contribution in [0.3, 0.4) is 0 Å². The molecule has 1 aliphatic rings. The summed E-state index contributed by atoms with van der Waals surface area (Å²) in [7, 11) is 3.95. The molecule has 0 aliphatic heterocycles. The van der Waals surface area contributed by atoms with Gasteiger partial charge >= 0.3 is 0 Å². The van der Waals surface area contributed by atoms with Crippen LogP contribution in [-0.4, -0.2) is 41.2 Å². The second kappa shape index (κ2) is 7.41. The van der Waals surface area contributed by atoms with Gasteiger partial charge in [-0.3, -0.25) is 9.48 Å². The van der Waals surface area contributed by atoms with E-state index in [1.54, 1.807) is 6.08 Å². The maximum Gasteiger partial charge on any atom is 0.244 e. The first-order valence-corrected chi connectivity index (χ1v) is 7.68. The Bertz CT molecular complexity index is 488. The smallest absolute Gasteiger partial charge is 0.244 e. The molecule has 0 aromatic carbocycles. The van der Waals surface area contributed by atoms with Crippen LogP contribution >= 0.6 is 0 Å². The van der Waals surface area contributed by atoms with Crippen molar-refractivity contribution >= 4 is 5.91 Å². The molecule has 116 valence electrons. The van der Waals surface area contributed by atoms with Crippen molar-refractivity contribution in [1.82, 2.24) is 20.0 Å². The van der Waals surface area contributed by atoms with E-state index < -0.39 is 0 Å². The van der Waals surface area contributed by atoms with Crippen LogP contribution < -0.4 is 5.32 Å². The SMILES string of the molecule is CC(NC(=O)/C=C/CN(C)C)c1cnn(CC2CCC2)c1. The standard InChI is InChI=1S/C16H26N4O/c1-13(18-16(21)8-5-9-19(2)3)15-10-17-20(12-15)11-14-6-4-7-14/h5,8,10,12-14H,4,6-7,9,11H2,1-3H3,(H,18,21)/b8-5+. The summed E-state index contributed by atoms with van der Waals surface area (Å²) in [6.07, 6.45) is 11.3. The second-order valence-corrected chi connectivity index (χ2v) is 6.19. The van der Waals surface area contributed by atoms with E-state index >= 15 is 0 Å². The summed E-state index contributed by atoms with van der Waals surface area (Å²) >= 11 is 0. The molecule has 1 unspecified atom stereocenters. The Morgan fingerprint density at radius 1 is 1.57 bits per heavy atom. The van der Waals surface area contributed by atoms with Crippen LogP contribution in [0, 0.1) is 5.92 Å². The van der Waals surface area contributed by atoms with Gasteiger partial charge in [-0.25, -0.2) is 0 Å². The van der Waals surface area contributed by atoms with E-state index in [4.69, 9.17) is 0 Å². The fourth-order valence-electron chi connectivity index (χ4n) is 2.36. The average Bonchev–Trinajstić information content (AvgIpc) is 2.82. The lowest BCUT2D eigenvalue weighted by molar-refractivity contribution is -0.117. The molecule has 1 atom stereocenters. The van der Waals surface area contributed by atoms with Crippen LogP contribution in [0.25, 0.3) is 0 Å². The minimum atomic E-state index is -0.0592. The van der Waals surface area contributed by atoms with E-state index in [0.717, 1.165) is 24.6 Å². The Morgan fingerprint density at radius 2 is 2.33 bits per heavy atom. The van der Waals surface area contributed by atoms with E-state index in [0.29, 0.717) is 0 Å². The van der Waals surface area contributed by atoms with E-state index in [1.807, 2.05) is 49.1 Å². The van der Waals surface area contributed by atoms with Gasteiger partial charge in [-0.1, -0.05) is 12.5 Å². The van der Waals surface area contributed by atoms with Crippen LogP contribution in [-0.2, 0) is 11.3 Å². The zero-order valence-electron chi connectivity index (χ0n) is 13.2. The minimum absolute atomic E-state index is 0.0170. The van der Waals surface area contributed by atoms with Crippen molar-refractivity contribution in [3.05, 3.63) is 30.1 Å². The lowest BCUT2D eigenvalue weighted by Gasteiger charge is -2.24. The number of amides is 1. The van der Waals surface area contributed by atoms with Crippen molar-refractivity contribution in [3.8, 4) is 0 Å². The van der Waals surface area contributed by atoms with Gasteiger partial charge in [-0.05, 0) is 39.8 Å². The zero-order valence-corrected chi connectivity index (χ0v) is 13.2. The van der Waals surface area contributed by atoms with Crippen molar-refractivity contribution in [2.24, 2.45) is 5.92 Å². The van der Waals surface area contributed by atoms with E-state index in [2.05, 4.69) is 10.4 Å². The molecule has 2 rings (SSSR count). The molecule has 0 spiro atoms. The molecule has 1 N–H and O–H groups in total. The predicted octanol–water partition coefficient (Wildman–Crippen LogP) is 1.98. The maximum absolute atomic E-state index is 11.8. The highest BCUT2D eigenvalue weighted by atomic mass is 16.1. The number of carbonyl (C=O) groups excluding carboxylic acids is 1. The zero-order chi connectivity index (χ0) is 15.2. The average molecular weight is 290 g/mol. The highest BCUT2D eigenvalue weighted by Gasteiger charge is 2.18. The molecule has 5 nitrogen and oxygen atoms in total. The first-order valence-electron chi connectivity index (χ1n) is 7.68. The summed E-state index contributed by atoms with van der Waals surface area (Å²) in [6, 6.07) is -0.0170. The van der Waals surface area contributed by atoms with Gasteiger partial charge in [0, 0.05) is 30.9 Å². The van der Waals surface area contributed by atoms with Crippen LogP contribution in [0.2, 0.25) is 0 Å². The summed E-state index contributed by atoms with van der Waals surface area (Å²) in [4.78, 5) is 13.8. The number of nitrogens with one attached hydrogen (secondary N) is 1. The Balaban J connectivity index is 1.80. The number of hydrogen-bond donors (Lipinski definition) is 1. The summed E-state index contributed by atoms with van der Waals surface area (Å²) in [5, 5.41) is 7.36. The summed E-state index contributed by atoms with van der Waals surface area (Å²) in [5.74, 6) is 0.729. The van der Waals surface area contributed by atoms with Crippen molar-refractivity contribution in [2.75, 3.05) is 20.6 Å². The van der Waals surface area contributed by atoms with Crippen LogP contribution in [0.15, 0.2) is 24.5 Å². The number of aromatic nitrogens is 2. The molecule has 1 fully saturated rings. The van der Waals surface area contributed by atoms with Gasteiger partial charge in [-0.2, -0.15) is 5.10 Å². The lowest BCUT2D eigenvalue weighted by Crippen LogP contribution is -2.25. The van der Waals surface area contributed by atoms with Gasteiger partial charge < -0.3 is 10.2 Å². The molecule has 1 aromatic rings. The van der Waals surface area contributed by atoms with Gasteiger partial charge in [0.2, 0.25) is 5.91 Å². The number of nitrogens with zero attached hydrogens (tertiary/aromatic N) is 3. The topological polar surface area (TPSA) is 50.2 Å². The molecule has 0 radical (unpaired) electrons. The van der Waals surface area contributed by atoms with Crippen LogP contribution in [0.1, 0.15) is 37.8 Å². The van der Waals surface area contributed by atoms with Crippen LogP contribution in [0.4, 0.5) is 0 Å². The fraction of sp³-hybridized carbons (Fsp3) is 0.625. The molecule has 1 heterocycles. The molecule has 0 bridgehead atoms. The van der Waals surface area contributed by atoms with Gasteiger partial charge in [0.25, 0.3) is 0 Å². The minimum Gasteiger partial charge on any atom is -0.346 e. The van der Waals surface area contributed by atoms with Crippen molar-refractivity contribution < 1.29 is 4.79 Å². The number of hydrogen-bond acceptors (Lipinski definition) is 3. The van der Waals surface area contributed by atoms with E-state index in [9.17, 15) is 4.79 Å². The predicted molar refractivity (Wildman–Crippen MR) is 83.8 cm³/mol. The molecule has 21 heavy (non-hydrogen) atoms. The number of likely N-dealkylation sites (N-methyl/N-ethyl adjacent to an activating group) is 1. The van der Waals surface area contributed by atoms with Crippen LogP contribution in [0.5, 0.6) is 0 Å². The maximum atomic E-state index is 11.8. The molecule has 1 aromatic heterocycles. The summed E-state index contributed by atoms with van der Waals surface area (Å²) in [5.41, 5.74) is 1.06. The molecule has 1 saturated carbocycles. The second-order valence-electron chi connectivity index (χ2n) is 6.19. The van der Waals surface area contributed by atoms with E-state index in [1.165, 1.54) is 19.3 Å². The van der Waals surface area contributed by atoms with Gasteiger partial charge in [0.15, 0.2) is 0 Å². The van der Waals surface area contributed by atoms with Gasteiger partial charge in [-0.15, -0.1) is 0 Å². The van der Waals surface area contributed by atoms with Crippen molar-refractivity contribution in [2.45, 2.75) is 38.8 Å². The molecular weight excluding hydrogens is 264 g/mol. The Hall–Kier alpha value is -1.62. The number of rotatable bonds is 7. The third kappa shape index (κ3) is 5.01. The molecule has 1 aliphatic carbocycles. The normalized spacial score (nSPS) is 17.1. The third-order valence-electron chi connectivity index (χ3n) is 3.92. The summed E-state index contributed by atoms with van der Waals surface area (Å²) < 4.78 is 2.00. The van der Waals surface area contributed by atoms with Crippen molar-refractivity contribution in [1.29, 1.82) is 0 Å². The van der Waals surface area contributed by atoms with Gasteiger partial charge in [0.1, 0.15) is 0 Å². The third-order valence-corrected chi connectivity index (χ3v) is 3.92. The largest absolute Gasteiger partial charge is 0.346 e. The monoisotopic (exact) mass is 290 g/mol. The fourth-order valence-corrected chi connectivity index (χ4v) is 2.36. The highest BCUT2D eigenvalue weighted by molar-refractivity contribution is 5.87. The first-order chi connectivity index (χ1) is 10.0. The first kappa shape index (κ1) is 15.8. The Labute approximate surface area is 127 Å². The Kier molecular flexibility index (Phi) is 5.56. The Morgan fingerprint density at radius 3 is 2.95 bits per heavy atom. The molecule has 0 saturated heterocycles. The highest BCUT2D eigenvalue weighted by Crippen LogP contribution is 2.27. The summed E-state index contributed by atoms with van der Waals surface area (Å²) in [6.45, 7) is 3.76. The molecule has 1 amide bonds. The molecule has 5 heteroatoms. The van der Waals surface area contributed by atoms with E-state index in [-0.39, 0.29) is 11.9 Å². The lowest BCUT2D eigenvalue weighted by atomic mass is 9.85. The number of carbonyl (C=O) groups is 1.